The van der Waals surface area contributed by atoms with Gasteiger partial charge in [0.2, 0.25) is 10.0 Å². The van der Waals surface area contributed by atoms with Crippen LogP contribution in [-0.4, -0.2) is 25.5 Å². The monoisotopic (exact) mass is 355 g/mol. The van der Waals surface area contributed by atoms with Crippen molar-refractivity contribution in [3.63, 3.8) is 0 Å². The van der Waals surface area contributed by atoms with Crippen LogP contribution in [0.1, 0.15) is 26.3 Å². The van der Waals surface area contributed by atoms with Crippen molar-refractivity contribution in [1.29, 1.82) is 0 Å². The lowest BCUT2D eigenvalue weighted by molar-refractivity contribution is 0.583. The summed E-state index contributed by atoms with van der Waals surface area (Å²) < 4.78 is 26.7. The second kappa shape index (κ2) is 7.36. The van der Waals surface area contributed by atoms with E-state index in [4.69, 9.17) is 23.2 Å². The highest BCUT2D eigenvalue weighted by molar-refractivity contribution is 8.00. The van der Waals surface area contributed by atoms with Crippen LogP contribution in [0.2, 0.25) is 10.0 Å². The first-order valence-corrected chi connectivity index (χ1v) is 9.54. The minimum absolute atomic E-state index is 0.123. The van der Waals surface area contributed by atoms with Gasteiger partial charge in [0.25, 0.3) is 0 Å². The minimum atomic E-state index is -3.43. The van der Waals surface area contributed by atoms with Crippen molar-refractivity contribution in [1.82, 2.24) is 4.72 Å². The van der Waals surface area contributed by atoms with E-state index in [0.29, 0.717) is 22.2 Å². The van der Waals surface area contributed by atoms with Crippen LogP contribution in [0.4, 0.5) is 0 Å². The Bertz CT molecular complexity index is 534. The Morgan fingerprint density at radius 1 is 1.20 bits per heavy atom. The van der Waals surface area contributed by atoms with Gasteiger partial charge in [-0.25, -0.2) is 13.1 Å². The number of nitrogens with one attached hydrogen (secondary N) is 1. The number of sulfonamides is 1. The molecule has 7 heteroatoms. The van der Waals surface area contributed by atoms with Gasteiger partial charge in [0.1, 0.15) is 0 Å². The molecule has 3 nitrogen and oxygen atoms in total. The maximum absolute atomic E-state index is 12.0. The Labute approximate surface area is 135 Å². The van der Waals surface area contributed by atoms with Gasteiger partial charge in [-0.3, -0.25) is 0 Å². The first-order chi connectivity index (χ1) is 9.11. The Kier molecular flexibility index (Phi) is 6.67. The van der Waals surface area contributed by atoms with Gasteiger partial charge in [-0.2, -0.15) is 11.8 Å². The molecule has 0 fully saturated rings. The first kappa shape index (κ1) is 18.1. The highest BCUT2D eigenvalue weighted by Crippen LogP contribution is 2.26. The topological polar surface area (TPSA) is 46.2 Å². The first-order valence-electron chi connectivity index (χ1n) is 6.15. The lowest BCUT2D eigenvalue weighted by Gasteiger charge is -2.17. The molecule has 0 amide bonds. The number of halogens is 2. The number of thioether (sulfide) groups is 1. The van der Waals surface area contributed by atoms with E-state index in [1.54, 1.807) is 30.0 Å². The maximum atomic E-state index is 12.0. The summed E-state index contributed by atoms with van der Waals surface area (Å²) in [5.41, 5.74) is 0.437. The molecule has 0 heterocycles. The molecule has 0 radical (unpaired) electrons. The fourth-order valence-electron chi connectivity index (χ4n) is 1.47. The summed E-state index contributed by atoms with van der Waals surface area (Å²) in [6.07, 6.45) is 0. The summed E-state index contributed by atoms with van der Waals surface area (Å²) in [6.45, 7) is 6.67. The zero-order valence-corrected chi connectivity index (χ0v) is 14.9. The molecule has 0 saturated carbocycles. The molecule has 1 aromatic rings. The van der Waals surface area contributed by atoms with Crippen molar-refractivity contribution < 1.29 is 8.42 Å². The second-order valence-corrected chi connectivity index (χ2v) is 9.86. The molecule has 0 aliphatic heterocycles. The molecule has 0 aliphatic carbocycles. The average molecular weight is 356 g/mol. The zero-order chi connectivity index (χ0) is 15.4. The fraction of sp³-hybridized carbons (Fsp3) is 0.538. The van der Waals surface area contributed by atoms with E-state index in [-0.39, 0.29) is 10.5 Å². The highest BCUT2D eigenvalue weighted by Gasteiger charge is 2.17. The molecular weight excluding hydrogens is 337 g/mol. The summed E-state index contributed by atoms with van der Waals surface area (Å²) in [4.78, 5) is 0. The normalized spacial score (nSPS) is 12.7. The summed E-state index contributed by atoms with van der Waals surface area (Å²) >= 11 is 13.7. The van der Waals surface area contributed by atoms with E-state index in [1.807, 2.05) is 0 Å². The molecule has 1 N–H and O–H groups in total. The van der Waals surface area contributed by atoms with Crippen LogP contribution in [0.15, 0.2) is 18.2 Å². The van der Waals surface area contributed by atoms with Gasteiger partial charge in [-0.15, -0.1) is 0 Å². The standard InChI is InChI=1S/C13H19Cl2NO2S2/c1-13(2,3)19-8-7-16-20(17,18)9-10-11(14)5-4-6-12(10)15/h4-6,16H,7-9H2,1-3H3. The smallest absolute Gasteiger partial charge is 0.214 e. The van der Waals surface area contributed by atoms with Crippen LogP contribution < -0.4 is 4.72 Å². The highest BCUT2D eigenvalue weighted by atomic mass is 35.5. The Balaban J connectivity index is 2.58. The largest absolute Gasteiger partial charge is 0.215 e. The number of rotatable bonds is 6. The third kappa shape index (κ3) is 6.68. The predicted molar refractivity (Wildman–Crippen MR) is 89.3 cm³/mol. The third-order valence-corrected chi connectivity index (χ3v) is 5.65. The van der Waals surface area contributed by atoms with Crippen LogP contribution in [-0.2, 0) is 15.8 Å². The van der Waals surface area contributed by atoms with Crippen LogP contribution in [0.3, 0.4) is 0 Å². The minimum Gasteiger partial charge on any atom is -0.214 e. The van der Waals surface area contributed by atoms with Gasteiger partial charge in [-0.05, 0) is 12.1 Å². The summed E-state index contributed by atoms with van der Waals surface area (Å²) in [6, 6.07) is 4.95. The van der Waals surface area contributed by atoms with Crippen LogP contribution in [0, 0.1) is 0 Å². The summed E-state index contributed by atoms with van der Waals surface area (Å²) in [5.74, 6) is 0.519. The lowest BCUT2D eigenvalue weighted by atomic mass is 10.2. The molecule has 0 aliphatic rings. The van der Waals surface area contributed by atoms with E-state index in [0.717, 1.165) is 5.75 Å². The molecule has 20 heavy (non-hydrogen) atoms. The van der Waals surface area contributed by atoms with E-state index >= 15 is 0 Å². The van der Waals surface area contributed by atoms with Crippen LogP contribution in [0.5, 0.6) is 0 Å². The molecule has 0 atom stereocenters. The number of hydrogen-bond donors (Lipinski definition) is 1. The van der Waals surface area contributed by atoms with Crippen molar-refractivity contribution in [3.05, 3.63) is 33.8 Å². The van der Waals surface area contributed by atoms with Crippen molar-refractivity contribution in [3.8, 4) is 0 Å². The van der Waals surface area contributed by atoms with Crippen LogP contribution in [0.25, 0.3) is 0 Å². The van der Waals surface area contributed by atoms with Crippen molar-refractivity contribution >= 4 is 45.0 Å². The molecule has 114 valence electrons. The molecule has 0 spiro atoms. The average Bonchev–Trinajstić information content (AvgIpc) is 2.29. The Morgan fingerprint density at radius 3 is 2.25 bits per heavy atom. The van der Waals surface area contributed by atoms with Crippen LogP contribution >= 0.6 is 35.0 Å². The molecule has 1 rings (SSSR count). The van der Waals surface area contributed by atoms with Crippen molar-refractivity contribution in [2.75, 3.05) is 12.3 Å². The third-order valence-electron chi connectivity index (χ3n) is 2.36. The zero-order valence-electron chi connectivity index (χ0n) is 11.7. The van der Waals surface area contributed by atoms with E-state index in [1.165, 1.54) is 0 Å². The molecule has 0 aromatic heterocycles. The van der Waals surface area contributed by atoms with Gasteiger partial charge >= 0.3 is 0 Å². The number of benzene rings is 1. The van der Waals surface area contributed by atoms with Gasteiger partial charge in [0, 0.05) is 32.7 Å². The molecule has 0 unspecified atom stereocenters. The molecule has 0 saturated heterocycles. The van der Waals surface area contributed by atoms with Crippen molar-refractivity contribution in [2.45, 2.75) is 31.3 Å². The molecular formula is C13H19Cl2NO2S2. The van der Waals surface area contributed by atoms with Gasteiger partial charge < -0.3 is 0 Å². The van der Waals surface area contributed by atoms with Gasteiger partial charge in [0.05, 0.1) is 5.75 Å². The fourth-order valence-corrected chi connectivity index (χ4v) is 4.31. The maximum Gasteiger partial charge on any atom is 0.215 e. The molecule has 1 aromatic carbocycles. The molecule has 0 bridgehead atoms. The quantitative estimate of drug-likeness (QED) is 0.785. The number of hydrogen-bond acceptors (Lipinski definition) is 3. The Hall–Kier alpha value is 0.0600. The van der Waals surface area contributed by atoms with Gasteiger partial charge in [-0.1, -0.05) is 50.0 Å². The summed E-state index contributed by atoms with van der Waals surface area (Å²) in [5, 5.41) is 0.735. The van der Waals surface area contributed by atoms with E-state index < -0.39 is 10.0 Å². The van der Waals surface area contributed by atoms with E-state index in [2.05, 4.69) is 25.5 Å². The van der Waals surface area contributed by atoms with Crippen molar-refractivity contribution in [2.24, 2.45) is 0 Å². The van der Waals surface area contributed by atoms with Gasteiger partial charge in [0.15, 0.2) is 0 Å². The van der Waals surface area contributed by atoms with E-state index in [9.17, 15) is 8.42 Å². The predicted octanol–water partition coefficient (Wildman–Crippen LogP) is 3.94. The second-order valence-electron chi connectivity index (χ2n) is 5.31. The summed E-state index contributed by atoms with van der Waals surface area (Å²) in [7, 11) is -3.43. The lowest BCUT2D eigenvalue weighted by Crippen LogP contribution is -2.28. The Morgan fingerprint density at radius 2 is 1.75 bits per heavy atom. The SMILES string of the molecule is CC(C)(C)SCCNS(=O)(=O)Cc1c(Cl)cccc1Cl.